The minimum absolute atomic E-state index is 0.204. The van der Waals surface area contributed by atoms with E-state index in [-0.39, 0.29) is 5.92 Å². The third-order valence-electron chi connectivity index (χ3n) is 1.45. The van der Waals surface area contributed by atoms with E-state index in [1.807, 2.05) is 13.8 Å². The molecule has 0 spiro atoms. The van der Waals surface area contributed by atoms with Crippen LogP contribution in [0.25, 0.3) is 0 Å². The number of rotatable bonds is 6. The van der Waals surface area contributed by atoms with E-state index in [2.05, 4.69) is 6.92 Å². The Labute approximate surface area is 81.7 Å². The quantitative estimate of drug-likeness (QED) is 0.472. The van der Waals surface area contributed by atoms with Crippen LogP contribution in [-0.4, -0.2) is 12.6 Å². The third kappa shape index (κ3) is 24.6. The summed E-state index contributed by atoms with van der Waals surface area (Å²) in [5.41, 5.74) is 0. The van der Waals surface area contributed by atoms with Crippen LogP contribution in [0.3, 0.4) is 0 Å². The molecule has 0 aliphatic carbocycles. The highest BCUT2D eigenvalue weighted by Gasteiger charge is 1.83. The van der Waals surface area contributed by atoms with E-state index in [1.165, 1.54) is 19.3 Å². The Balaban J connectivity index is 0. The SMILES string of the molecule is CC(C)C=O.CCCCCCC=O. The van der Waals surface area contributed by atoms with E-state index in [0.29, 0.717) is 0 Å². The summed E-state index contributed by atoms with van der Waals surface area (Å²) in [6.45, 7) is 5.88. The average Bonchev–Trinajstić information content (AvgIpc) is 2.14. The molecule has 2 nitrogen and oxygen atoms in total. The smallest absolute Gasteiger partial charge is 0.122 e. The zero-order chi connectivity index (χ0) is 10.5. The highest BCUT2D eigenvalue weighted by molar-refractivity contribution is 5.51. The normalized spacial score (nSPS) is 8.92. The molecule has 0 saturated carbocycles. The average molecular weight is 186 g/mol. The Hall–Kier alpha value is -0.660. The summed E-state index contributed by atoms with van der Waals surface area (Å²) >= 11 is 0. The molecule has 0 unspecified atom stereocenters. The highest BCUT2D eigenvalue weighted by atomic mass is 16.1. The van der Waals surface area contributed by atoms with Crippen molar-refractivity contribution < 1.29 is 9.59 Å². The number of hydrogen-bond acceptors (Lipinski definition) is 2. The van der Waals surface area contributed by atoms with Gasteiger partial charge in [0.1, 0.15) is 12.6 Å². The summed E-state index contributed by atoms with van der Waals surface area (Å²) in [5, 5.41) is 0. The van der Waals surface area contributed by atoms with Crippen LogP contribution in [0.1, 0.15) is 52.9 Å². The van der Waals surface area contributed by atoms with Crippen LogP contribution in [0.5, 0.6) is 0 Å². The fraction of sp³-hybridized carbons (Fsp3) is 0.818. The maximum Gasteiger partial charge on any atom is 0.122 e. The fourth-order valence-corrected chi connectivity index (χ4v) is 0.654. The Bertz CT molecular complexity index is 109. The lowest BCUT2D eigenvalue weighted by molar-refractivity contribution is -0.110. The fourth-order valence-electron chi connectivity index (χ4n) is 0.654. The van der Waals surface area contributed by atoms with Gasteiger partial charge in [0.25, 0.3) is 0 Å². The molecule has 0 fully saturated rings. The number of carbonyl (C=O) groups excluding carboxylic acids is 2. The molecule has 78 valence electrons. The minimum atomic E-state index is 0.204. The number of aldehydes is 2. The topological polar surface area (TPSA) is 34.1 Å². The maximum absolute atomic E-state index is 9.77. The van der Waals surface area contributed by atoms with Crippen LogP contribution < -0.4 is 0 Å². The van der Waals surface area contributed by atoms with Crippen molar-refractivity contribution in [1.82, 2.24) is 0 Å². The minimum Gasteiger partial charge on any atom is -0.303 e. The Morgan fingerprint density at radius 3 is 1.92 bits per heavy atom. The van der Waals surface area contributed by atoms with E-state index in [1.54, 1.807) is 0 Å². The molecule has 0 aromatic heterocycles. The van der Waals surface area contributed by atoms with Crippen molar-refractivity contribution >= 4 is 12.6 Å². The number of hydrogen-bond donors (Lipinski definition) is 0. The first-order valence-electron chi connectivity index (χ1n) is 5.07. The second-order valence-electron chi connectivity index (χ2n) is 3.40. The molecular formula is C11H22O2. The molecule has 0 aliphatic heterocycles. The van der Waals surface area contributed by atoms with E-state index >= 15 is 0 Å². The molecule has 0 heterocycles. The summed E-state index contributed by atoms with van der Waals surface area (Å²) in [6, 6.07) is 0. The van der Waals surface area contributed by atoms with E-state index in [0.717, 1.165) is 25.4 Å². The van der Waals surface area contributed by atoms with Crippen LogP contribution in [-0.2, 0) is 9.59 Å². The largest absolute Gasteiger partial charge is 0.303 e. The van der Waals surface area contributed by atoms with Gasteiger partial charge in [-0.15, -0.1) is 0 Å². The van der Waals surface area contributed by atoms with Gasteiger partial charge in [0.15, 0.2) is 0 Å². The van der Waals surface area contributed by atoms with Gasteiger partial charge >= 0.3 is 0 Å². The van der Waals surface area contributed by atoms with Crippen LogP contribution >= 0.6 is 0 Å². The predicted octanol–water partition coefficient (Wildman–Crippen LogP) is 3.00. The summed E-state index contributed by atoms with van der Waals surface area (Å²) in [7, 11) is 0. The highest BCUT2D eigenvalue weighted by Crippen LogP contribution is 1.99. The van der Waals surface area contributed by atoms with Gasteiger partial charge in [-0.1, -0.05) is 40.0 Å². The van der Waals surface area contributed by atoms with Crippen molar-refractivity contribution in [2.45, 2.75) is 52.9 Å². The lowest BCUT2D eigenvalue weighted by Crippen LogP contribution is -1.82. The standard InChI is InChI=1S/C7H14O.C4H8O/c1-2-3-4-5-6-7-8;1-4(2)3-5/h7H,2-6H2,1H3;3-4H,1-2H3. The van der Waals surface area contributed by atoms with Gasteiger partial charge in [0, 0.05) is 12.3 Å². The second-order valence-corrected chi connectivity index (χ2v) is 3.40. The lowest BCUT2D eigenvalue weighted by atomic mass is 10.2. The Morgan fingerprint density at radius 2 is 1.62 bits per heavy atom. The summed E-state index contributed by atoms with van der Waals surface area (Å²) in [4.78, 5) is 19.3. The van der Waals surface area contributed by atoms with Crippen LogP contribution in [0.15, 0.2) is 0 Å². The molecule has 0 saturated heterocycles. The molecular weight excluding hydrogens is 164 g/mol. The van der Waals surface area contributed by atoms with E-state index in [9.17, 15) is 9.59 Å². The zero-order valence-electron chi connectivity index (χ0n) is 9.08. The maximum atomic E-state index is 9.77. The molecule has 0 atom stereocenters. The number of carbonyl (C=O) groups is 2. The van der Waals surface area contributed by atoms with Crippen LogP contribution in [0, 0.1) is 5.92 Å². The first-order valence-corrected chi connectivity index (χ1v) is 5.07. The molecule has 0 N–H and O–H groups in total. The molecule has 0 rings (SSSR count). The van der Waals surface area contributed by atoms with Crippen molar-refractivity contribution in [2.24, 2.45) is 5.92 Å². The molecule has 0 aromatic carbocycles. The zero-order valence-corrected chi connectivity index (χ0v) is 9.08. The molecule has 13 heavy (non-hydrogen) atoms. The lowest BCUT2D eigenvalue weighted by Gasteiger charge is -1.90. The first-order chi connectivity index (χ1) is 6.18. The van der Waals surface area contributed by atoms with Crippen molar-refractivity contribution in [3.63, 3.8) is 0 Å². The predicted molar refractivity (Wildman–Crippen MR) is 55.7 cm³/mol. The molecule has 0 aromatic rings. The summed E-state index contributed by atoms with van der Waals surface area (Å²) < 4.78 is 0. The molecule has 0 radical (unpaired) electrons. The van der Waals surface area contributed by atoms with Crippen molar-refractivity contribution in [3.8, 4) is 0 Å². The van der Waals surface area contributed by atoms with E-state index < -0.39 is 0 Å². The van der Waals surface area contributed by atoms with Crippen molar-refractivity contribution in [1.29, 1.82) is 0 Å². The van der Waals surface area contributed by atoms with Gasteiger partial charge < -0.3 is 9.59 Å². The van der Waals surface area contributed by atoms with Gasteiger partial charge in [0.2, 0.25) is 0 Å². The van der Waals surface area contributed by atoms with Crippen molar-refractivity contribution in [2.75, 3.05) is 0 Å². The Morgan fingerprint density at radius 1 is 1.08 bits per heavy atom. The molecule has 0 bridgehead atoms. The monoisotopic (exact) mass is 186 g/mol. The number of unbranched alkanes of at least 4 members (excludes halogenated alkanes) is 4. The van der Waals surface area contributed by atoms with Gasteiger partial charge in [-0.2, -0.15) is 0 Å². The Kier molecular flexibility index (Phi) is 15.9. The second kappa shape index (κ2) is 13.9. The molecule has 2 heteroatoms. The molecule has 0 aliphatic rings. The van der Waals surface area contributed by atoms with Crippen LogP contribution in [0.4, 0.5) is 0 Å². The van der Waals surface area contributed by atoms with Gasteiger partial charge in [-0.3, -0.25) is 0 Å². The molecule has 0 amide bonds. The van der Waals surface area contributed by atoms with Gasteiger partial charge in [-0.05, 0) is 6.42 Å². The van der Waals surface area contributed by atoms with E-state index in [4.69, 9.17) is 0 Å². The summed E-state index contributed by atoms with van der Waals surface area (Å²) in [6.07, 6.45) is 7.48. The van der Waals surface area contributed by atoms with Gasteiger partial charge in [0.05, 0.1) is 0 Å². The van der Waals surface area contributed by atoms with Gasteiger partial charge in [-0.25, -0.2) is 0 Å². The summed E-state index contributed by atoms with van der Waals surface area (Å²) in [5.74, 6) is 0.204. The first kappa shape index (κ1) is 14.8. The third-order valence-corrected chi connectivity index (χ3v) is 1.45. The van der Waals surface area contributed by atoms with Crippen molar-refractivity contribution in [3.05, 3.63) is 0 Å². The van der Waals surface area contributed by atoms with Crippen LogP contribution in [0.2, 0.25) is 0 Å².